The van der Waals surface area contributed by atoms with Gasteiger partial charge in [0.15, 0.2) is 11.6 Å². The Morgan fingerprint density at radius 1 is 0.909 bits per heavy atom. The molecule has 0 spiro atoms. The number of hydrogen-bond acceptors (Lipinski definition) is 6. The number of aryl methyl sites for hydroxylation is 1. The molecule has 0 aliphatic rings. The van der Waals surface area contributed by atoms with Gasteiger partial charge in [0.2, 0.25) is 0 Å². The zero-order valence-electron chi connectivity index (χ0n) is 17.6. The van der Waals surface area contributed by atoms with Gasteiger partial charge in [-0.25, -0.2) is 23.2 Å². The fourth-order valence-corrected chi connectivity index (χ4v) is 4.10. The zero-order chi connectivity index (χ0) is 23.4. The quantitative estimate of drug-likeness (QED) is 0.345. The Bertz CT molecular complexity index is 1470. The van der Waals surface area contributed by atoms with Crippen LogP contribution in [-0.2, 0) is 14.8 Å². The van der Waals surface area contributed by atoms with Gasteiger partial charge >= 0.3 is 5.97 Å². The number of anilines is 3. The Morgan fingerprint density at radius 3 is 2.24 bits per heavy atom. The SMILES string of the molecule is Cc1ccc(S(=O)(=O)Nc2nc3ccccc3nc2Nc2cccc(/C=C/C(=O)O)c2)cc1. The summed E-state index contributed by atoms with van der Waals surface area (Å²) in [5.41, 5.74) is 3.29. The molecule has 8 nitrogen and oxygen atoms in total. The van der Waals surface area contributed by atoms with Crippen molar-refractivity contribution in [2.24, 2.45) is 0 Å². The number of aromatic nitrogens is 2. The topological polar surface area (TPSA) is 121 Å². The molecule has 166 valence electrons. The van der Waals surface area contributed by atoms with E-state index in [4.69, 9.17) is 5.11 Å². The lowest BCUT2D eigenvalue weighted by Crippen LogP contribution is -2.16. The summed E-state index contributed by atoms with van der Waals surface area (Å²) < 4.78 is 28.5. The Labute approximate surface area is 190 Å². The highest BCUT2D eigenvalue weighted by Crippen LogP contribution is 2.27. The highest BCUT2D eigenvalue weighted by atomic mass is 32.2. The van der Waals surface area contributed by atoms with Gasteiger partial charge < -0.3 is 10.4 Å². The molecule has 3 N–H and O–H groups in total. The average molecular weight is 461 g/mol. The lowest BCUT2D eigenvalue weighted by atomic mass is 10.2. The van der Waals surface area contributed by atoms with E-state index in [1.54, 1.807) is 54.6 Å². The first-order valence-electron chi connectivity index (χ1n) is 9.94. The predicted octanol–water partition coefficient (Wildman–Crippen LogP) is 4.58. The molecule has 0 bridgehead atoms. The molecule has 0 fully saturated rings. The minimum atomic E-state index is -3.91. The lowest BCUT2D eigenvalue weighted by molar-refractivity contribution is -0.131. The normalized spacial score (nSPS) is 11.5. The van der Waals surface area contributed by atoms with Gasteiger partial charge in [-0.05, 0) is 55.0 Å². The number of benzene rings is 3. The molecule has 33 heavy (non-hydrogen) atoms. The van der Waals surface area contributed by atoms with E-state index in [-0.39, 0.29) is 16.5 Å². The number of carbonyl (C=O) groups is 1. The van der Waals surface area contributed by atoms with E-state index in [1.165, 1.54) is 18.2 Å². The van der Waals surface area contributed by atoms with Crippen LogP contribution in [-0.4, -0.2) is 29.5 Å². The average Bonchev–Trinajstić information content (AvgIpc) is 2.78. The summed E-state index contributed by atoms with van der Waals surface area (Å²) >= 11 is 0. The molecule has 0 atom stereocenters. The van der Waals surface area contributed by atoms with Crippen LogP contribution in [0.4, 0.5) is 17.3 Å². The van der Waals surface area contributed by atoms with Crippen LogP contribution in [0.1, 0.15) is 11.1 Å². The van der Waals surface area contributed by atoms with Gasteiger partial charge in [0, 0.05) is 11.8 Å². The second-order valence-electron chi connectivity index (χ2n) is 7.25. The monoisotopic (exact) mass is 460 g/mol. The van der Waals surface area contributed by atoms with Gasteiger partial charge in [-0.2, -0.15) is 0 Å². The van der Waals surface area contributed by atoms with Gasteiger partial charge in [0.25, 0.3) is 10.0 Å². The first-order chi connectivity index (χ1) is 15.8. The predicted molar refractivity (Wildman–Crippen MR) is 128 cm³/mol. The first kappa shape index (κ1) is 22.0. The minimum absolute atomic E-state index is 0.0424. The largest absolute Gasteiger partial charge is 0.478 e. The fraction of sp³-hybridized carbons (Fsp3) is 0.0417. The van der Waals surface area contributed by atoms with Crippen LogP contribution < -0.4 is 10.0 Å². The van der Waals surface area contributed by atoms with E-state index in [1.807, 2.05) is 13.0 Å². The number of hydrogen-bond donors (Lipinski definition) is 3. The number of aliphatic carboxylic acids is 1. The summed E-state index contributed by atoms with van der Waals surface area (Å²) in [5, 5.41) is 11.9. The number of nitrogens with zero attached hydrogens (tertiary/aromatic N) is 2. The molecule has 0 aliphatic carbocycles. The third kappa shape index (κ3) is 5.34. The highest BCUT2D eigenvalue weighted by Gasteiger charge is 2.19. The number of carboxylic acids is 1. The maximum atomic E-state index is 13.0. The molecule has 0 saturated heterocycles. The summed E-state index contributed by atoms with van der Waals surface area (Å²) in [6, 6.07) is 20.6. The molecule has 0 amide bonds. The molecule has 0 aliphatic heterocycles. The molecular weight excluding hydrogens is 440 g/mol. The van der Waals surface area contributed by atoms with E-state index in [2.05, 4.69) is 20.0 Å². The standard InChI is InChI=1S/C24H20N4O4S/c1-16-9-12-19(13-10-16)33(31,32)28-24-23(26-20-7-2-3-8-21(20)27-24)25-18-6-4-5-17(15-18)11-14-22(29)30/h2-15H,1H3,(H,25,26)(H,27,28)(H,29,30)/b14-11+. The van der Waals surface area contributed by atoms with Crippen LogP contribution in [0.25, 0.3) is 17.1 Å². The van der Waals surface area contributed by atoms with E-state index in [0.717, 1.165) is 11.6 Å². The number of para-hydroxylation sites is 2. The third-order valence-corrected chi connectivity index (χ3v) is 6.06. The molecule has 4 rings (SSSR count). The van der Waals surface area contributed by atoms with Crippen molar-refractivity contribution >= 4 is 50.4 Å². The van der Waals surface area contributed by atoms with Crippen molar-refractivity contribution in [2.45, 2.75) is 11.8 Å². The molecule has 0 radical (unpaired) electrons. The molecule has 0 unspecified atom stereocenters. The smallest absolute Gasteiger partial charge is 0.328 e. The number of sulfonamides is 1. The van der Waals surface area contributed by atoms with E-state index in [9.17, 15) is 13.2 Å². The Kier molecular flexibility index (Phi) is 6.05. The number of rotatable bonds is 7. The summed E-state index contributed by atoms with van der Waals surface area (Å²) in [4.78, 5) is 19.9. The van der Waals surface area contributed by atoms with E-state index in [0.29, 0.717) is 22.3 Å². The molecule has 0 saturated carbocycles. The van der Waals surface area contributed by atoms with Crippen molar-refractivity contribution < 1.29 is 18.3 Å². The van der Waals surface area contributed by atoms with Crippen molar-refractivity contribution in [1.82, 2.24) is 9.97 Å². The summed E-state index contributed by atoms with van der Waals surface area (Å²) in [7, 11) is -3.91. The van der Waals surface area contributed by atoms with Crippen LogP contribution >= 0.6 is 0 Å². The Hall–Kier alpha value is -4.24. The van der Waals surface area contributed by atoms with Crippen molar-refractivity contribution in [3.63, 3.8) is 0 Å². The molecule has 4 aromatic rings. The molecular formula is C24H20N4O4S. The Morgan fingerprint density at radius 2 is 1.58 bits per heavy atom. The van der Waals surface area contributed by atoms with Crippen molar-refractivity contribution in [3.8, 4) is 0 Å². The Balaban J connectivity index is 1.73. The third-order valence-electron chi connectivity index (χ3n) is 4.70. The van der Waals surface area contributed by atoms with Gasteiger partial charge in [0.1, 0.15) is 0 Å². The summed E-state index contributed by atoms with van der Waals surface area (Å²) in [6.45, 7) is 1.88. The highest BCUT2D eigenvalue weighted by molar-refractivity contribution is 7.92. The van der Waals surface area contributed by atoms with Crippen LogP contribution in [0.15, 0.2) is 83.8 Å². The van der Waals surface area contributed by atoms with Crippen molar-refractivity contribution in [1.29, 1.82) is 0 Å². The second kappa shape index (κ2) is 9.09. The van der Waals surface area contributed by atoms with Crippen molar-refractivity contribution in [2.75, 3.05) is 10.0 Å². The summed E-state index contributed by atoms with van der Waals surface area (Å²) in [5.74, 6) is -0.800. The molecule has 3 aromatic carbocycles. The van der Waals surface area contributed by atoms with E-state index < -0.39 is 16.0 Å². The van der Waals surface area contributed by atoms with Gasteiger partial charge in [0.05, 0.1) is 15.9 Å². The minimum Gasteiger partial charge on any atom is -0.478 e. The maximum absolute atomic E-state index is 13.0. The van der Waals surface area contributed by atoms with Gasteiger partial charge in [-0.15, -0.1) is 0 Å². The zero-order valence-corrected chi connectivity index (χ0v) is 18.4. The second-order valence-corrected chi connectivity index (χ2v) is 8.93. The molecule has 1 aromatic heterocycles. The van der Waals surface area contributed by atoms with Crippen LogP contribution in [0.3, 0.4) is 0 Å². The molecule has 1 heterocycles. The van der Waals surface area contributed by atoms with Crippen molar-refractivity contribution in [3.05, 3.63) is 90.0 Å². The van der Waals surface area contributed by atoms with E-state index >= 15 is 0 Å². The number of nitrogens with one attached hydrogen (secondary N) is 2. The fourth-order valence-electron chi connectivity index (χ4n) is 3.09. The van der Waals surface area contributed by atoms with Crippen LogP contribution in [0.5, 0.6) is 0 Å². The van der Waals surface area contributed by atoms with Gasteiger partial charge in [-0.1, -0.05) is 42.0 Å². The summed E-state index contributed by atoms with van der Waals surface area (Å²) in [6.07, 6.45) is 2.50. The lowest BCUT2D eigenvalue weighted by Gasteiger charge is -2.14. The van der Waals surface area contributed by atoms with Crippen LogP contribution in [0.2, 0.25) is 0 Å². The molecule has 9 heteroatoms. The number of carboxylic acid groups (broad SMARTS) is 1. The number of fused-ring (bicyclic) bond motifs is 1. The first-order valence-corrected chi connectivity index (χ1v) is 11.4. The van der Waals surface area contributed by atoms with Crippen LogP contribution in [0, 0.1) is 6.92 Å². The maximum Gasteiger partial charge on any atom is 0.328 e. The van der Waals surface area contributed by atoms with Gasteiger partial charge in [-0.3, -0.25) is 4.72 Å².